The first kappa shape index (κ1) is 16.9. The van der Waals surface area contributed by atoms with E-state index in [-0.39, 0.29) is 5.91 Å². The van der Waals surface area contributed by atoms with Gasteiger partial charge in [0.05, 0.1) is 7.11 Å². The minimum Gasteiger partial charge on any atom is -0.496 e. The zero-order valence-electron chi connectivity index (χ0n) is 14.2. The average Bonchev–Trinajstić information content (AvgIpc) is 2.55. The molecule has 23 heavy (non-hydrogen) atoms. The lowest BCUT2D eigenvalue weighted by Gasteiger charge is -2.14. The van der Waals surface area contributed by atoms with Crippen LogP contribution in [0.3, 0.4) is 0 Å². The van der Waals surface area contributed by atoms with Gasteiger partial charge in [0.2, 0.25) is 0 Å². The fraction of sp³-hybridized carbons (Fsp3) is 0.316. The van der Waals surface area contributed by atoms with Crippen LogP contribution in [0.15, 0.2) is 42.5 Å². The molecule has 0 aliphatic heterocycles. The number of carbonyl (C=O) groups is 1. The Morgan fingerprint density at radius 3 is 2.65 bits per heavy atom. The lowest BCUT2D eigenvalue weighted by Crippen LogP contribution is -2.26. The van der Waals surface area contributed by atoms with Crippen molar-refractivity contribution in [1.82, 2.24) is 5.32 Å². The van der Waals surface area contributed by atoms with Crippen LogP contribution in [0, 0.1) is 6.92 Å². The molecule has 4 nitrogen and oxygen atoms in total. The quantitative estimate of drug-likeness (QED) is 0.891. The van der Waals surface area contributed by atoms with Gasteiger partial charge in [0.1, 0.15) is 5.75 Å². The molecule has 0 aliphatic carbocycles. The first-order valence-corrected chi connectivity index (χ1v) is 7.70. The molecule has 0 unspecified atom stereocenters. The van der Waals surface area contributed by atoms with Crippen molar-refractivity contribution in [2.45, 2.75) is 13.3 Å². The van der Waals surface area contributed by atoms with Gasteiger partial charge in [-0.1, -0.05) is 23.8 Å². The number of carbonyl (C=O) groups excluding carboxylic acids is 1. The fourth-order valence-electron chi connectivity index (χ4n) is 2.44. The van der Waals surface area contributed by atoms with E-state index in [4.69, 9.17) is 4.74 Å². The van der Waals surface area contributed by atoms with Crippen LogP contribution in [0.1, 0.15) is 21.5 Å². The molecule has 0 saturated carbocycles. The zero-order valence-corrected chi connectivity index (χ0v) is 14.2. The van der Waals surface area contributed by atoms with Crippen molar-refractivity contribution in [3.05, 3.63) is 59.2 Å². The van der Waals surface area contributed by atoms with E-state index in [1.54, 1.807) is 7.11 Å². The summed E-state index contributed by atoms with van der Waals surface area (Å²) in [7, 11) is 5.58. The first-order valence-electron chi connectivity index (χ1n) is 7.70. The number of anilines is 1. The van der Waals surface area contributed by atoms with Crippen molar-refractivity contribution < 1.29 is 9.53 Å². The molecule has 0 heterocycles. The first-order chi connectivity index (χ1) is 11.0. The summed E-state index contributed by atoms with van der Waals surface area (Å²) in [6.07, 6.45) is 0.740. The summed E-state index contributed by atoms with van der Waals surface area (Å²) in [6, 6.07) is 13.7. The number of benzene rings is 2. The van der Waals surface area contributed by atoms with Crippen molar-refractivity contribution in [3.8, 4) is 5.75 Å². The van der Waals surface area contributed by atoms with Crippen molar-refractivity contribution in [3.63, 3.8) is 0 Å². The molecule has 0 fully saturated rings. The van der Waals surface area contributed by atoms with Crippen molar-refractivity contribution in [2.24, 2.45) is 0 Å². The number of ether oxygens (including phenoxy) is 1. The summed E-state index contributed by atoms with van der Waals surface area (Å²) in [5.41, 5.74) is 3.98. The fourth-order valence-corrected chi connectivity index (χ4v) is 2.44. The van der Waals surface area contributed by atoms with Crippen LogP contribution in [-0.2, 0) is 6.42 Å². The van der Waals surface area contributed by atoms with Gasteiger partial charge in [0, 0.05) is 31.9 Å². The molecule has 2 aromatic rings. The Hall–Kier alpha value is -2.49. The van der Waals surface area contributed by atoms with E-state index >= 15 is 0 Å². The number of hydrogen-bond donors (Lipinski definition) is 1. The van der Waals surface area contributed by atoms with Gasteiger partial charge < -0.3 is 15.0 Å². The molecular formula is C19H24N2O2. The number of amides is 1. The maximum atomic E-state index is 12.3. The summed E-state index contributed by atoms with van der Waals surface area (Å²) in [4.78, 5) is 14.3. The predicted octanol–water partition coefficient (Wildman–Crippen LogP) is 3.04. The summed E-state index contributed by atoms with van der Waals surface area (Å²) < 4.78 is 5.37. The molecule has 0 aromatic heterocycles. The maximum Gasteiger partial charge on any atom is 0.251 e. The third-order valence-corrected chi connectivity index (χ3v) is 3.74. The summed E-state index contributed by atoms with van der Waals surface area (Å²) in [6.45, 7) is 2.62. The Balaban J connectivity index is 1.97. The Kier molecular flexibility index (Phi) is 5.63. The van der Waals surface area contributed by atoms with Crippen molar-refractivity contribution in [1.29, 1.82) is 0 Å². The molecule has 1 amide bonds. The monoisotopic (exact) mass is 312 g/mol. The number of rotatable bonds is 6. The number of nitrogens with zero attached hydrogens (tertiary/aromatic N) is 1. The van der Waals surface area contributed by atoms with Crippen LogP contribution in [-0.4, -0.2) is 33.7 Å². The van der Waals surface area contributed by atoms with E-state index in [1.165, 1.54) is 5.56 Å². The molecule has 2 rings (SSSR count). The van der Waals surface area contributed by atoms with Gasteiger partial charge in [-0.05, 0) is 43.2 Å². The summed E-state index contributed by atoms with van der Waals surface area (Å²) >= 11 is 0. The molecular weight excluding hydrogens is 288 g/mol. The van der Waals surface area contributed by atoms with Crippen LogP contribution in [0.5, 0.6) is 5.75 Å². The third-order valence-electron chi connectivity index (χ3n) is 3.74. The summed E-state index contributed by atoms with van der Waals surface area (Å²) in [5.74, 6) is 0.805. The van der Waals surface area contributed by atoms with Crippen molar-refractivity contribution in [2.75, 3.05) is 32.6 Å². The minimum atomic E-state index is -0.0553. The van der Waals surface area contributed by atoms with Crippen LogP contribution >= 0.6 is 0 Å². The molecule has 0 aliphatic rings. The Bertz CT molecular complexity index is 681. The maximum absolute atomic E-state index is 12.3. The van der Waals surface area contributed by atoms with Gasteiger partial charge in [0.25, 0.3) is 5.91 Å². The van der Waals surface area contributed by atoms with Gasteiger partial charge in [-0.25, -0.2) is 0 Å². The van der Waals surface area contributed by atoms with Crippen LogP contribution in [0.2, 0.25) is 0 Å². The largest absolute Gasteiger partial charge is 0.496 e. The lowest BCUT2D eigenvalue weighted by atomic mass is 10.1. The second kappa shape index (κ2) is 7.68. The third kappa shape index (κ3) is 4.49. The van der Waals surface area contributed by atoms with E-state index in [0.717, 1.165) is 23.4 Å². The normalized spacial score (nSPS) is 10.3. The number of nitrogens with one attached hydrogen (secondary N) is 1. The van der Waals surface area contributed by atoms with Gasteiger partial charge in [-0.3, -0.25) is 4.79 Å². The molecule has 0 radical (unpaired) electrons. The van der Waals surface area contributed by atoms with Gasteiger partial charge in [-0.15, -0.1) is 0 Å². The Morgan fingerprint density at radius 2 is 1.96 bits per heavy atom. The topological polar surface area (TPSA) is 41.6 Å². The minimum absolute atomic E-state index is 0.0553. The van der Waals surface area contributed by atoms with E-state index in [9.17, 15) is 4.79 Å². The Labute approximate surface area is 138 Å². The molecule has 122 valence electrons. The molecule has 0 bridgehead atoms. The highest BCUT2D eigenvalue weighted by atomic mass is 16.5. The second-order valence-corrected chi connectivity index (χ2v) is 5.77. The standard InChI is InChI=1S/C19H24N2O2/c1-14-8-9-18(23-4)15(12-14)10-11-20-19(22)16-6-5-7-17(13-16)21(2)3/h5-9,12-13H,10-11H2,1-4H3,(H,20,22). The highest BCUT2D eigenvalue weighted by Crippen LogP contribution is 2.20. The average molecular weight is 312 g/mol. The number of aryl methyl sites for hydroxylation is 1. The van der Waals surface area contributed by atoms with Crippen LogP contribution < -0.4 is 15.0 Å². The Morgan fingerprint density at radius 1 is 1.17 bits per heavy atom. The second-order valence-electron chi connectivity index (χ2n) is 5.77. The van der Waals surface area contributed by atoms with E-state index in [0.29, 0.717) is 12.1 Å². The highest BCUT2D eigenvalue weighted by Gasteiger charge is 2.08. The summed E-state index contributed by atoms with van der Waals surface area (Å²) in [5, 5.41) is 2.97. The molecule has 0 saturated heterocycles. The highest BCUT2D eigenvalue weighted by molar-refractivity contribution is 5.95. The SMILES string of the molecule is COc1ccc(C)cc1CCNC(=O)c1cccc(N(C)C)c1. The van der Waals surface area contributed by atoms with Gasteiger partial charge in [-0.2, -0.15) is 0 Å². The molecule has 1 N–H and O–H groups in total. The number of hydrogen-bond acceptors (Lipinski definition) is 3. The molecule has 2 aromatic carbocycles. The van der Waals surface area contributed by atoms with Crippen LogP contribution in [0.25, 0.3) is 0 Å². The van der Waals surface area contributed by atoms with E-state index in [2.05, 4.69) is 11.4 Å². The zero-order chi connectivity index (χ0) is 16.8. The van der Waals surface area contributed by atoms with E-state index < -0.39 is 0 Å². The smallest absolute Gasteiger partial charge is 0.251 e. The lowest BCUT2D eigenvalue weighted by molar-refractivity contribution is 0.0954. The molecule has 0 atom stereocenters. The molecule has 0 spiro atoms. The van der Waals surface area contributed by atoms with Gasteiger partial charge >= 0.3 is 0 Å². The van der Waals surface area contributed by atoms with Crippen molar-refractivity contribution >= 4 is 11.6 Å². The van der Waals surface area contributed by atoms with Gasteiger partial charge in [0.15, 0.2) is 0 Å². The molecule has 4 heteroatoms. The van der Waals surface area contributed by atoms with Crippen LogP contribution in [0.4, 0.5) is 5.69 Å². The number of methoxy groups -OCH3 is 1. The predicted molar refractivity (Wildman–Crippen MR) is 94.5 cm³/mol. The van der Waals surface area contributed by atoms with E-state index in [1.807, 2.05) is 62.3 Å².